The van der Waals surface area contributed by atoms with E-state index >= 15 is 0 Å². The van der Waals surface area contributed by atoms with E-state index < -0.39 is 0 Å². The molecule has 1 heterocycles. The molecule has 1 atom stereocenters. The summed E-state index contributed by atoms with van der Waals surface area (Å²) >= 11 is 22.9. The summed E-state index contributed by atoms with van der Waals surface area (Å²) in [5, 5.41) is 0.360. The molecule has 1 aromatic carbocycles. The number of hydrogen-bond donors (Lipinski definition) is 0. The lowest BCUT2D eigenvalue weighted by molar-refractivity contribution is 0.618. The predicted octanol–water partition coefficient (Wildman–Crippen LogP) is 6.64. The van der Waals surface area contributed by atoms with E-state index in [2.05, 4.69) is 15.9 Å². The fourth-order valence-corrected chi connectivity index (χ4v) is 4.51. The first kappa shape index (κ1) is 14.6. The maximum absolute atomic E-state index is 13.4. The van der Waals surface area contributed by atoms with Gasteiger partial charge in [-0.2, -0.15) is 0 Å². The minimum atomic E-state index is -0.321. The lowest BCUT2D eigenvalue weighted by atomic mass is 10.0. The molecule has 1 aromatic heterocycles. The summed E-state index contributed by atoms with van der Waals surface area (Å²) in [7, 11) is 0. The molecule has 1 unspecified atom stereocenters. The van der Waals surface area contributed by atoms with Gasteiger partial charge in [0.1, 0.15) is 5.82 Å². The first-order valence-electron chi connectivity index (χ1n) is 4.94. The zero-order valence-corrected chi connectivity index (χ0v) is 13.8. The average molecular weight is 389 g/mol. The highest BCUT2D eigenvalue weighted by Gasteiger charge is 2.20. The Morgan fingerprint density at radius 3 is 2.39 bits per heavy atom. The Morgan fingerprint density at radius 1 is 1.17 bits per heavy atom. The fraction of sp³-hybridized carbons (Fsp3) is 0.167. The van der Waals surface area contributed by atoms with Crippen LogP contribution in [-0.2, 0) is 0 Å². The van der Waals surface area contributed by atoms with Gasteiger partial charge < -0.3 is 0 Å². The molecular weight excluding hydrogens is 381 g/mol. The average Bonchev–Trinajstić information content (AvgIpc) is 2.62. The van der Waals surface area contributed by atoms with Crippen LogP contribution in [-0.4, -0.2) is 0 Å². The SMILES string of the molecule is Cc1cc(C(Br)c2cc(Cl)sc2Cl)c(Cl)cc1F. The highest BCUT2D eigenvalue weighted by Crippen LogP contribution is 2.43. The summed E-state index contributed by atoms with van der Waals surface area (Å²) in [5.41, 5.74) is 2.14. The first-order valence-corrected chi connectivity index (χ1v) is 7.81. The monoisotopic (exact) mass is 386 g/mol. The van der Waals surface area contributed by atoms with E-state index in [1.165, 1.54) is 17.4 Å². The quantitative estimate of drug-likeness (QED) is 0.506. The van der Waals surface area contributed by atoms with Gasteiger partial charge in [0.25, 0.3) is 0 Å². The maximum Gasteiger partial charge on any atom is 0.127 e. The molecule has 0 aliphatic rings. The largest absolute Gasteiger partial charge is 0.207 e. The summed E-state index contributed by atoms with van der Waals surface area (Å²) in [6, 6.07) is 4.80. The van der Waals surface area contributed by atoms with Gasteiger partial charge in [0, 0.05) is 10.6 Å². The predicted molar refractivity (Wildman–Crippen MR) is 81.3 cm³/mol. The summed E-state index contributed by atoms with van der Waals surface area (Å²) in [4.78, 5) is -0.208. The van der Waals surface area contributed by atoms with Crippen molar-refractivity contribution in [1.82, 2.24) is 0 Å². The van der Waals surface area contributed by atoms with Gasteiger partial charge in [0.2, 0.25) is 0 Å². The van der Waals surface area contributed by atoms with E-state index in [0.29, 0.717) is 19.3 Å². The van der Waals surface area contributed by atoms with Crippen LogP contribution in [0.1, 0.15) is 21.5 Å². The molecule has 0 amide bonds. The molecule has 0 bridgehead atoms. The Labute approximate surface area is 132 Å². The third-order valence-corrected chi connectivity index (χ3v) is 5.34. The van der Waals surface area contributed by atoms with E-state index in [1.807, 2.05) is 0 Å². The number of rotatable bonds is 2. The second-order valence-corrected chi connectivity index (χ2v) is 7.37. The van der Waals surface area contributed by atoms with Crippen molar-refractivity contribution < 1.29 is 4.39 Å². The smallest absolute Gasteiger partial charge is 0.127 e. The van der Waals surface area contributed by atoms with Crippen LogP contribution in [0.15, 0.2) is 18.2 Å². The van der Waals surface area contributed by atoms with Crippen LogP contribution in [0, 0.1) is 12.7 Å². The number of aryl methyl sites for hydroxylation is 1. The molecule has 0 N–H and O–H groups in total. The third-order valence-electron chi connectivity index (χ3n) is 2.51. The van der Waals surface area contributed by atoms with E-state index in [1.54, 1.807) is 19.1 Å². The summed E-state index contributed by atoms with van der Waals surface area (Å²) < 4.78 is 14.6. The molecule has 2 rings (SSSR count). The van der Waals surface area contributed by atoms with Gasteiger partial charge in [-0.05, 0) is 30.2 Å². The molecule has 6 heteroatoms. The molecule has 18 heavy (non-hydrogen) atoms. The van der Waals surface area contributed by atoms with E-state index in [0.717, 1.165) is 11.1 Å². The standard InChI is InChI=1S/C12H7BrCl3FS/c1-5-2-6(8(14)4-9(5)17)11(13)7-3-10(15)18-12(7)16/h2-4,11H,1H3. The zero-order valence-electron chi connectivity index (χ0n) is 9.11. The molecule has 0 fully saturated rings. The lowest BCUT2D eigenvalue weighted by Gasteiger charge is -2.13. The van der Waals surface area contributed by atoms with E-state index in [4.69, 9.17) is 34.8 Å². The van der Waals surface area contributed by atoms with Gasteiger partial charge in [0.05, 0.1) is 13.5 Å². The molecule has 0 saturated heterocycles. The van der Waals surface area contributed by atoms with Crippen LogP contribution in [0.5, 0.6) is 0 Å². The van der Waals surface area contributed by atoms with E-state index in [9.17, 15) is 4.39 Å². The number of thiophene rings is 1. The van der Waals surface area contributed by atoms with Crippen LogP contribution < -0.4 is 0 Å². The van der Waals surface area contributed by atoms with Crippen molar-refractivity contribution in [3.05, 3.63) is 54.4 Å². The van der Waals surface area contributed by atoms with Crippen molar-refractivity contribution in [1.29, 1.82) is 0 Å². The van der Waals surface area contributed by atoms with Gasteiger partial charge >= 0.3 is 0 Å². The van der Waals surface area contributed by atoms with Crippen molar-refractivity contribution in [2.24, 2.45) is 0 Å². The number of alkyl halides is 1. The van der Waals surface area contributed by atoms with Crippen molar-refractivity contribution in [3.63, 3.8) is 0 Å². The Kier molecular flexibility index (Phi) is 4.61. The van der Waals surface area contributed by atoms with Crippen molar-refractivity contribution in [2.75, 3.05) is 0 Å². The van der Waals surface area contributed by atoms with Gasteiger partial charge in [-0.3, -0.25) is 0 Å². The molecule has 0 radical (unpaired) electrons. The third kappa shape index (κ3) is 2.86. The zero-order chi connectivity index (χ0) is 13.4. The molecular formula is C12H7BrCl3FS. The van der Waals surface area contributed by atoms with Crippen molar-refractivity contribution in [2.45, 2.75) is 11.8 Å². The fourth-order valence-electron chi connectivity index (χ4n) is 1.57. The number of halogens is 5. The maximum atomic E-state index is 13.4. The Bertz CT molecular complexity index is 597. The van der Waals surface area contributed by atoms with Gasteiger partial charge in [-0.25, -0.2) is 4.39 Å². The summed E-state index contributed by atoms with van der Waals surface area (Å²) in [6.07, 6.45) is 0. The Hall–Kier alpha value is 0.200. The van der Waals surface area contributed by atoms with Crippen LogP contribution >= 0.6 is 62.1 Å². The van der Waals surface area contributed by atoms with Crippen LogP contribution in [0.2, 0.25) is 13.7 Å². The highest BCUT2D eigenvalue weighted by atomic mass is 79.9. The summed E-state index contributed by atoms with van der Waals surface area (Å²) in [5.74, 6) is -0.321. The summed E-state index contributed by atoms with van der Waals surface area (Å²) in [6.45, 7) is 1.69. The molecule has 96 valence electrons. The topological polar surface area (TPSA) is 0 Å². The molecule has 0 spiro atoms. The van der Waals surface area contributed by atoms with Crippen LogP contribution in [0.25, 0.3) is 0 Å². The minimum Gasteiger partial charge on any atom is -0.207 e. The van der Waals surface area contributed by atoms with Gasteiger partial charge in [-0.1, -0.05) is 56.8 Å². The number of hydrogen-bond acceptors (Lipinski definition) is 1. The molecule has 0 saturated carbocycles. The van der Waals surface area contributed by atoms with Gasteiger partial charge in [0.15, 0.2) is 0 Å². The van der Waals surface area contributed by atoms with Gasteiger partial charge in [-0.15, -0.1) is 11.3 Å². The van der Waals surface area contributed by atoms with E-state index in [-0.39, 0.29) is 10.6 Å². The molecule has 0 aliphatic carbocycles. The van der Waals surface area contributed by atoms with Crippen LogP contribution in [0.4, 0.5) is 4.39 Å². The van der Waals surface area contributed by atoms with Crippen LogP contribution in [0.3, 0.4) is 0 Å². The Balaban J connectivity index is 2.49. The second kappa shape index (κ2) is 5.68. The molecule has 2 aromatic rings. The first-order chi connectivity index (χ1) is 8.40. The second-order valence-electron chi connectivity index (χ2n) is 3.77. The lowest BCUT2D eigenvalue weighted by Crippen LogP contribution is -1.95. The van der Waals surface area contributed by atoms with Crippen molar-refractivity contribution in [3.8, 4) is 0 Å². The van der Waals surface area contributed by atoms with Crippen molar-refractivity contribution >= 4 is 62.1 Å². The number of benzene rings is 1. The molecule has 0 aliphatic heterocycles. The minimum absolute atomic E-state index is 0.208. The molecule has 0 nitrogen and oxygen atoms in total. The highest BCUT2D eigenvalue weighted by molar-refractivity contribution is 9.09. The Morgan fingerprint density at radius 2 is 1.83 bits per heavy atom. The normalized spacial score (nSPS) is 12.8.